The average Bonchev–Trinajstić information content (AvgIpc) is 1.95. The van der Waals surface area contributed by atoms with Crippen LogP contribution in [0.2, 0.25) is 0 Å². The molecule has 0 saturated carbocycles. The van der Waals surface area contributed by atoms with E-state index in [1.54, 1.807) is 6.92 Å². The predicted molar refractivity (Wildman–Crippen MR) is 40.7 cm³/mol. The number of rotatable bonds is 5. The molecule has 0 saturated heterocycles. The van der Waals surface area contributed by atoms with E-state index in [9.17, 15) is 13.2 Å². The lowest BCUT2D eigenvalue weighted by Gasteiger charge is -2.12. The first-order chi connectivity index (χ1) is 5.45. The van der Waals surface area contributed by atoms with E-state index in [4.69, 9.17) is 0 Å². The largest absolute Gasteiger partial charge is 0.522 e. The number of unbranched alkanes of at least 4 members (excludes halogenated alkanes) is 1. The Labute approximate surface area is 70.9 Å². The zero-order valence-corrected chi connectivity index (χ0v) is 7.45. The first-order valence-corrected chi connectivity index (χ1v) is 4.16. The highest BCUT2D eigenvalue weighted by Gasteiger charge is 2.29. The Hall–Kier alpha value is -0.250. The molecule has 1 nitrogen and oxygen atoms in total. The summed E-state index contributed by atoms with van der Waals surface area (Å²) in [5, 5.41) is 0. The van der Waals surface area contributed by atoms with Gasteiger partial charge in [0.2, 0.25) is 0 Å². The molecule has 0 amide bonds. The molecule has 0 spiro atoms. The maximum atomic E-state index is 11.5. The minimum Gasteiger partial charge on any atom is -0.292 e. The smallest absolute Gasteiger partial charge is 0.292 e. The monoisotopic (exact) mass is 184 g/mol. The third-order valence-electron chi connectivity index (χ3n) is 1.58. The molecule has 74 valence electrons. The van der Waals surface area contributed by atoms with Crippen LogP contribution >= 0.6 is 0 Å². The summed E-state index contributed by atoms with van der Waals surface area (Å²) in [6.07, 6.45) is -1.70. The van der Waals surface area contributed by atoms with E-state index in [-0.39, 0.29) is 12.5 Å². The van der Waals surface area contributed by atoms with Gasteiger partial charge in [-0.15, -0.1) is 13.2 Å². The van der Waals surface area contributed by atoms with Gasteiger partial charge in [0.05, 0.1) is 6.61 Å². The first-order valence-electron chi connectivity index (χ1n) is 4.16. The van der Waals surface area contributed by atoms with E-state index in [1.807, 2.05) is 6.92 Å². The number of halogens is 3. The lowest BCUT2D eigenvalue weighted by atomic mass is 10.1. The minimum absolute atomic E-state index is 0.00780. The Kier molecular flexibility index (Phi) is 5.29. The van der Waals surface area contributed by atoms with Crippen LogP contribution in [-0.2, 0) is 4.74 Å². The number of hydrogen-bond acceptors (Lipinski definition) is 1. The zero-order chi connectivity index (χ0) is 9.61. The minimum atomic E-state index is -4.47. The van der Waals surface area contributed by atoms with E-state index >= 15 is 0 Å². The Morgan fingerprint density at radius 2 is 1.92 bits per heavy atom. The molecule has 12 heavy (non-hydrogen) atoms. The molecule has 1 unspecified atom stereocenters. The summed E-state index contributed by atoms with van der Waals surface area (Å²) < 4.78 is 38.2. The van der Waals surface area contributed by atoms with E-state index in [2.05, 4.69) is 4.74 Å². The third-order valence-corrected chi connectivity index (χ3v) is 1.58. The molecule has 0 aliphatic carbocycles. The quantitative estimate of drug-likeness (QED) is 0.636. The van der Waals surface area contributed by atoms with Crippen molar-refractivity contribution in [2.24, 2.45) is 5.92 Å². The van der Waals surface area contributed by atoms with Crippen molar-refractivity contribution in [1.29, 1.82) is 0 Å². The second-order valence-corrected chi connectivity index (χ2v) is 3.00. The predicted octanol–water partition coefficient (Wildman–Crippen LogP) is 3.35. The van der Waals surface area contributed by atoms with Crippen molar-refractivity contribution in [2.45, 2.75) is 39.5 Å². The molecule has 4 heteroatoms. The summed E-state index contributed by atoms with van der Waals surface area (Å²) in [7, 11) is 0. The molecular weight excluding hydrogens is 169 g/mol. The van der Waals surface area contributed by atoms with Gasteiger partial charge in [-0.25, -0.2) is 0 Å². The number of alkyl halides is 3. The molecule has 0 N–H and O–H groups in total. The highest BCUT2D eigenvalue weighted by Crippen LogP contribution is 2.18. The van der Waals surface area contributed by atoms with Crippen molar-refractivity contribution in [2.75, 3.05) is 6.61 Å². The SMILES string of the molecule is CCCCC(C)COC(F)(F)F. The van der Waals surface area contributed by atoms with Gasteiger partial charge in [-0.2, -0.15) is 0 Å². The van der Waals surface area contributed by atoms with Crippen LogP contribution in [0.25, 0.3) is 0 Å². The fourth-order valence-corrected chi connectivity index (χ4v) is 0.873. The summed E-state index contributed by atoms with van der Waals surface area (Å²) in [5.41, 5.74) is 0. The van der Waals surface area contributed by atoms with Crippen molar-refractivity contribution < 1.29 is 17.9 Å². The number of hydrogen-bond donors (Lipinski definition) is 0. The fourth-order valence-electron chi connectivity index (χ4n) is 0.873. The van der Waals surface area contributed by atoms with Crippen LogP contribution in [0, 0.1) is 5.92 Å². The summed E-state index contributed by atoms with van der Waals surface area (Å²) in [4.78, 5) is 0. The molecule has 1 atom stereocenters. The second-order valence-electron chi connectivity index (χ2n) is 3.00. The highest BCUT2D eigenvalue weighted by atomic mass is 19.4. The van der Waals surface area contributed by atoms with Crippen molar-refractivity contribution in [3.05, 3.63) is 0 Å². The van der Waals surface area contributed by atoms with Crippen LogP contribution in [0.5, 0.6) is 0 Å². The highest BCUT2D eigenvalue weighted by molar-refractivity contribution is 4.51. The van der Waals surface area contributed by atoms with Crippen LogP contribution < -0.4 is 0 Å². The third kappa shape index (κ3) is 7.85. The fraction of sp³-hybridized carbons (Fsp3) is 1.00. The molecule has 0 aromatic carbocycles. The van der Waals surface area contributed by atoms with Gasteiger partial charge in [-0.1, -0.05) is 26.7 Å². The van der Waals surface area contributed by atoms with Gasteiger partial charge in [-0.3, -0.25) is 4.74 Å². The van der Waals surface area contributed by atoms with Gasteiger partial charge < -0.3 is 0 Å². The molecule has 0 radical (unpaired) electrons. The Morgan fingerprint density at radius 3 is 2.33 bits per heavy atom. The summed E-state index contributed by atoms with van der Waals surface area (Å²) >= 11 is 0. The van der Waals surface area contributed by atoms with Crippen LogP contribution in [0.3, 0.4) is 0 Å². The first kappa shape index (κ1) is 11.8. The van der Waals surface area contributed by atoms with E-state index in [0.717, 1.165) is 19.3 Å². The van der Waals surface area contributed by atoms with Crippen molar-refractivity contribution in [3.63, 3.8) is 0 Å². The lowest BCUT2D eigenvalue weighted by Crippen LogP contribution is -2.18. The maximum Gasteiger partial charge on any atom is 0.522 e. The molecule has 0 fully saturated rings. The van der Waals surface area contributed by atoms with Crippen LogP contribution in [0.15, 0.2) is 0 Å². The van der Waals surface area contributed by atoms with E-state index in [1.165, 1.54) is 0 Å². The normalized spacial score (nSPS) is 14.8. The van der Waals surface area contributed by atoms with Crippen molar-refractivity contribution in [3.8, 4) is 0 Å². The molecular formula is C8H15F3O. The van der Waals surface area contributed by atoms with E-state index < -0.39 is 6.36 Å². The number of ether oxygens (including phenoxy) is 1. The van der Waals surface area contributed by atoms with Crippen LogP contribution in [0.1, 0.15) is 33.1 Å². The van der Waals surface area contributed by atoms with Gasteiger partial charge in [0, 0.05) is 0 Å². The molecule has 0 aromatic heterocycles. The summed E-state index contributed by atoms with van der Waals surface area (Å²) in [5.74, 6) is -0.00780. The van der Waals surface area contributed by atoms with E-state index in [0.29, 0.717) is 0 Å². The average molecular weight is 184 g/mol. The van der Waals surface area contributed by atoms with Gasteiger partial charge in [0.15, 0.2) is 0 Å². The summed E-state index contributed by atoms with van der Waals surface area (Å²) in [6.45, 7) is 3.56. The van der Waals surface area contributed by atoms with Gasteiger partial charge in [0.25, 0.3) is 0 Å². The molecule has 0 heterocycles. The molecule has 0 rings (SSSR count). The molecule has 0 aliphatic heterocycles. The van der Waals surface area contributed by atoms with Crippen molar-refractivity contribution >= 4 is 0 Å². The Bertz CT molecular complexity index is 111. The van der Waals surface area contributed by atoms with Gasteiger partial charge >= 0.3 is 6.36 Å². The molecule has 0 aromatic rings. The van der Waals surface area contributed by atoms with Crippen molar-refractivity contribution in [1.82, 2.24) is 0 Å². The standard InChI is InChI=1S/C8H15F3O/c1-3-4-5-7(2)6-12-8(9,10)11/h7H,3-6H2,1-2H3. The zero-order valence-electron chi connectivity index (χ0n) is 7.45. The summed E-state index contributed by atoms with van der Waals surface area (Å²) in [6, 6.07) is 0. The Morgan fingerprint density at radius 1 is 1.33 bits per heavy atom. The van der Waals surface area contributed by atoms with Crippen LogP contribution in [0.4, 0.5) is 13.2 Å². The Balaban J connectivity index is 3.37. The topological polar surface area (TPSA) is 9.23 Å². The van der Waals surface area contributed by atoms with Gasteiger partial charge in [-0.05, 0) is 12.3 Å². The van der Waals surface area contributed by atoms with Gasteiger partial charge in [0.1, 0.15) is 0 Å². The molecule has 0 bridgehead atoms. The maximum absolute atomic E-state index is 11.5. The second kappa shape index (κ2) is 5.41. The van der Waals surface area contributed by atoms with Crippen LogP contribution in [-0.4, -0.2) is 13.0 Å². The molecule has 0 aliphatic rings. The lowest BCUT2D eigenvalue weighted by molar-refractivity contribution is -0.328.